The summed E-state index contributed by atoms with van der Waals surface area (Å²) in [5.41, 5.74) is 6.29. The number of hydrogen-bond donors (Lipinski definition) is 1. The van der Waals surface area contributed by atoms with E-state index < -0.39 is 6.04 Å². The minimum atomic E-state index is -0.552. The highest BCUT2D eigenvalue weighted by atomic mass is 35.5. The molecular formula is C16H26ClNO2. The zero-order valence-electron chi connectivity index (χ0n) is 12.2. The van der Waals surface area contributed by atoms with Crippen molar-refractivity contribution in [1.82, 2.24) is 0 Å². The second-order valence-electron chi connectivity index (χ2n) is 5.00. The summed E-state index contributed by atoms with van der Waals surface area (Å²) in [6.45, 7) is 1.90. The van der Waals surface area contributed by atoms with E-state index in [1.807, 2.05) is 30.3 Å². The number of carbonyl (C=O) groups is 1. The first-order valence-electron chi connectivity index (χ1n) is 7.16. The van der Waals surface area contributed by atoms with Gasteiger partial charge in [0.25, 0.3) is 0 Å². The van der Waals surface area contributed by atoms with E-state index >= 15 is 0 Å². The van der Waals surface area contributed by atoms with Crippen molar-refractivity contribution in [2.24, 2.45) is 5.73 Å². The van der Waals surface area contributed by atoms with Gasteiger partial charge in [-0.15, -0.1) is 12.4 Å². The van der Waals surface area contributed by atoms with Gasteiger partial charge in [-0.3, -0.25) is 4.79 Å². The summed E-state index contributed by atoms with van der Waals surface area (Å²) in [5, 5.41) is 0. The molecule has 1 aromatic rings. The van der Waals surface area contributed by atoms with Crippen molar-refractivity contribution in [2.45, 2.75) is 58.1 Å². The van der Waals surface area contributed by atoms with Crippen molar-refractivity contribution in [3.63, 3.8) is 0 Å². The average Bonchev–Trinajstić information content (AvgIpc) is 2.48. The molecule has 2 rings (SSSR count). The van der Waals surface area contributed by atoms with Gasteiger partial charge < -0.3 is 10.5 Å². The summed E-state index contributed by atoms with van der Waals surface area (Å²) in [6, 6.07) is 8.95. The number of ether oxygens (including phenoxy) is 1. The number of halogens is 1. The van der Waals surface area contributed by atoms with Gasteiger partial charge in [0.1, 0.15) is 12.6 Å². The lowest BCUT2D eigenvalue weighted by atomic mass is 10.0. The molecule has 114 valence electrons. The number of hydrogen-bond acceptors (Lipinski definition) is 3. The maximum Gasteiger partial charge on any atom is 0.322 e. The van der Waals surface area contributed by atoms with Gasteiger partial charge in [0, 0.05) is 0 Å². The van der Waals surface area contributed by atoms with E-state index in [0.717, 1.165) is 5.56 Å². The molecule has 1 aromatic carbocycles. The topological polar surface area (TPSA) is 52.3 Å². The molecule has 2 N–H and O–H groups in total. The number of esters is 1. The standard InChI is InChI=1S/C10H13NO2.C6H12.ClH/c1-8(11)10(12)13-7-9-5-3-2-4-6-9;1-2-4-6-5-3-1;/h2-6,8H,7,11H2,1H3;1-6H2;1H. The molecule has 0 heterocycles. The second-order valence-corrected chi connectivity index (χ2v) is 5.00. The van der Waals surface area contributed by atoms with Gasteiger partial charge in [-0.1, -0.05) is 68.9 Å². The van der Waals surface area contributed by atoms with Crippen LogP contribution in [0.4, 0.5) is 0 Å². The van der Waals surface area contributed by atoms with Crippen LogP contribution >= 0.6 is 12.4 Å². The molecule has 0 radical (unpaired) electrons. The fourth-order valence-corrected chi connectivity index (χ4v) is 1.92. The highest BCUT2D eigenvalue weighted by Crippen LogP contribution is 2.15. The molecule has 1 fully saturated rings. The predicted molar refractivity (Wildman–Crippen MR) is 84.8 cm³/mol. The van der Waals surface area contributed by atoms with Crippen molar-refractivity contribution < 1.29 is 9.53 Å². The minimum absolute atomic E-state index is 0. The summed E-state index contributed by atoms with van der Waals surface area (Å²) in [4.78, 5) is 11.0. The Hall–Kier alpha value is -1.06. The van der Waals surface area contributed by atoms with E-state index in [1.165, 1.54) is 38.5 Å². The summed E-state index contributed by atoms with van der Waals surface area (Å²) >= 11 is 0. The monoisotopic (exact) mass is 299 g/mol. The van der Waals surface area contributed by atoms with E-state index in [1.54, 1.807) is 6.92 Å². The Bertz CT molecular complexity index is 339. The summed E-state index contributed by atoms with van der Waals surface area (Å²) in [7, 11) is 0. The summed E-state index contributed by atoms with van der Waals surface area (Å²) in [6.07, 6.45) is 9.00. The highest BCUT2D eigenvalue weighted by Gasteiger charge is 2.07. The number of benzene rings is 1. The van der Waals surface area contributed by atoms with Crippen molar-refractivity contribution in [1.29, 1.82) is 0 Å². The van der Waals surface area contributed by atoms with Crippen molar-refractivity contribution >= 4 is 18.4 Å². The van der Waals surface area contributed by atoms with Crippen LogP contribution in [0.3, 0.4) is 0 Å². The second kappa shape index (κ2) is 11.7. The quantitative estimate of drug-likeness (QED) is 0.863. The van der Waals surface area contributed by atoms with Crippen LogP contribution in [0.15, 0.2) is 30.3 Å². The Balaban J connectivity index is 0.000000434. The largest absolute Gasteiger partial charge is 0.460 e. The molecule has 20 heavy (non-hydrogen) atoms. The van der Waals surface area contributed by atoms with Crippen LogP contribution < -0.4 is 5.73 Å². The number of nitrogens with two attached hydrogens (primary N) is 1. The van der Waals surface area contributed by atoms with Gasteiger partial charge in [-0.05, 0) is 12.5 Å². The molecule has 1 atom stereocenters. The fourth-order valence-electron chi connectivity index (χ4n) is 1.92. The van der Waals surface area contributed by atoms with Crippen LogP contribution in [-0.2, 0) is 16.1 Å². The van der Waals surface area contributed by atoms with E-state index in [9.17, 15) is 4.79 Å². The molecule has 0 saturated heterocycles. The van der Waals surface area contributed by atoms with Gasteiger partial charge in [0.2, 0.25) is 0 Å². The molecule has 0 aliphatic heterocycles. The molecule has 0 aromatic heterocycles. The van der Waals surface area contributed by atoms with Crippen molar-refractivity contribution in [3.05, 3.63) is 35.9 Å². The molecule has 0 bridgehead atoms. The maximum atomic E-state index is 11.0. The molecular weight excluding hydrogens is 274 g/mol. The van der Waals surface area contributed by atoms with Gasteiger partial charge in [-0.25, -0.2) is 0 Å². The third-order valence-corrected chi connectivity index (χ3v) is 3.10. The molecule has 0 spiro atoms. The highest BCUT2D eigenvalue weighted by molar-refractivity contribution is 5.85. The van der Waals surface area contributed by atoms with Gasteiger partial charge in [-0.2, -0.15) is 0 Å². The van der Waals surface area contributed by atoms with Crippen LogP contribution in [0, 0.1) is 0 Å². The lowest BCUT2D eigenvalue weighted by Gasteiger charge is -2.06. The Kier molecular flexibility index (Phi) is 11.1. The summed E-state index contributed by atoms with van der Waals surface area (Å²) in [5.74, 6) is -0.371. The Morgan fingerprint density at radius 2 is 1.55 bits per heavy atom. The predicted octanol–water partition coefficient (Wildman–Crippen LogP) is 3.84. The lowest BCUT2D eigenvalue weighted by molar-refractivity contribution is -0.146. The van der Waals surface area contributed by atoms with E-state index in [2.05, 4.69) is 0 Å². The molecule has 1 saturated carbocycles. The lowest BCUT2D eigenvalue weighted by Crippen LogP contribution is -2.28. The first kappa shape index (κ1) is 18.9. The van der Waals surface area contributed by atoms with Crippen LogP contribution in [0.1, 0.15) is 51.0 Å². The Morgan fingerprint density at radius 3 is 1.95 bits per heavy atom. The molecule has 0 amide bonds. The molecule has 3 nitrogen and oxygen atoms in total. The first-order chi connectivity index (χ1) is 9.20. The number of rotatable bonds is 3. The minimum Gasteiger partial charge on any atom is -0.460 e. The SMILES string of the molecule is C1CCCCC1.CC(N)C(=O)OCc1ccccc1.Cl. The third kappa shape index (κ3) is 8.94. The summed E-state index contributed by atoms with van der Waals surface area (Å²) < 4.78 is 4.93. The van der Waals surface area contributed by atoms with Crippen LogP contribution in [0.5, 0.6) is 0 Å². The van der Waals surface area contributed by atoms with Crippen LogP contribution in [-0.4, -0.2) is 12.0 Å². The zero-order chi connectivity index (χ0) is 13.9. The van der Waals surface area contributed by atoms with Gasteiger partial charge in [0.05, 0.1) is 0 Å². The maximum absolute atomic E-state index is 11.0. The average molecular weight is 300 g/mol. The molecule has 1 aliphatic rings. The third-order valence-electron chi connectivity index (χ3n) is 3.10. The zero-order valence-corrected chi connectivity index (χ0v) is 13.0. The number of carbonyl (C=O) groups excluding carboxylic acids is 1. The van der Waals surface area contributed by atoms with Crippen molar-refractivity contribution in [2.75, 3.05) is 0 Å². The van der Waals surface area contributed by atoms with E-state index in [0.29, 0.717) is 6.61 Å². The fraction of sp³-hybridized carbons (Fsp3) is 0.562. The van der Waals surface area contributed by atoms with Crippen LogP contribution in [0.25, 0.3) is 0 Å². The normalized spacial score (nSPS) is 15.1. The van der Waals surface area contributed by atoms with Gasteiger partial charge in [0.15, 0.2) is 0 Å². The van der Waals surface area contributed by atoms with Gasteiger partial charge >= 0.3 is 5.97 Å². The Morgan fingerprint density at radius 1 is 1.10 bits per heavy atom. The van der Waals surface area contributed by atoms with Crippen LogP contribution in [0.2, 0.25) is 0 Å². The van der Waals surface area contributed by atoms with Crippen molar-refractivity contribution in [3.8, 4) is 0 Å². The smallest absolute Gasteiger partial charge is 0.322 e. The molecule has 4 heteroatoms. The van der Waals surface area contributed by atoms with E-state index in [4.69, 9.17) is 10.5 Å². The molecule has 1 unspecified atom stereocenters. The molecule has 1 aliphatic carbocycles. The first-order valence-corrected chi connectivity index (χ1v) is 7.16. The Labute approximate surface area is 128 Å². The van der Waals surface area contributed by atoms with E-state index in [-0.39, 0.29) is 18.4 Å².